The number of ether oxygens (including phenoxy) is 1. The highest BCUT2D eigenvalue weighted by Gasteiger charge is 2.18. The van der Waals surface area contributed by atoms with Gasteiger partial charge in [0.25, 0.3) is 0 Å². The first kappa shape index (κ1) is 11.4. The van der Waals surface area contributed by atoms with Gasteiger partial charge < -0.3 is 15.0 Å². The quantitative estimate of drug-likeness (QED) is 0.830. The molecule has 0 radical (unpaired) electrons. The molecular formula is C13H20N2O. The Bertz CT molecular complexity index is 359. The van der Waals surface area contributed by atoms with Crippen LogP contribution < -0.4 is 10.1 Å². The summed E-state index contributed by atoms with van der Waals surface area (Å²) < 4.78 is 5.81. The largest absolute Gasteiger partial charge is 0.488 e. The minimum atomic E-state index is 0.360. The van der Waals surface area contributed by atoms with E-state index in [0.717, 1.165) is 25.4 Å². The SMILES string of the molecule is Cc1cc(OC2CNC2)ccc1CN(C)C. The van der Waals surface area contributed by atoms with Crippen molar-refractivity contribution in [1.82, 2.24) is 10.2 Å². The minimum Gasteiger partial charge on any atom is -0.488 e. The normalized spacial score (nSPS) is 16.2. The van der Waals surface area contributed by atoms with Crippen molar-refractivity contribution in [3.05, 3.63) is 29.3 Å². The van der Waals surface area contributed by atoms with E-state index in [2.05, 4.69) is 49.4 Å². The standard InChI is InChI=1S/C13H20N2O/c1-10-6-12(16-13-7-14-8-13)5-4-11(10)9-15(2)3/h4-6,13-14H,7-9H2,1-3H3. The number of nitrogens with one attached hydrogen (secondary N) is 1. The molecule has 0 atom stereocenters. The predicted octanol–water partition coefficient (Wildman–Crippen LogP) is 1.41. The molecule has 3 heteroatoms. The third-order valence-corrected chi connectivity index (χ3v) is 2.85. The van der Waals surface area contributed by atoms with Crippen molar-refractivity contribution in [3.63, 3.8) is 0 Å². The van der Waals surface area contributed by atoms with E-state index in [1.807, 2.05) is 0 Å². The highest BCUT2D eigenvalue weighted by Crippen LogP contribution is 2.20. The van der Waals surface area contributed by atoms with Crippen molar-refractivity contribution in [2.45, 2.75) is 19.6 Å². The first-order chi connectivity index (χ1) is 7.65. The summed E-state index contributed by atoms with van der Waals surface area (Å²) in [6.07, 6.45) is 0.360. The molecule has 1 fully saturated rings. The maximum Gasteiger partial charge on any atom is 0.123 e. The van der Waals surface area contributed by atoms with Gasteiger partial charge in [0.2, 0.25) is 0 Å². The Hall–Kier alpha value is -1.06. The van der Waals surface area contributed by atoms with Crippen LogP contribution in [-0.4, -0.2) is 38.2 Å². The first-order valence-electron chi connectivity index (χ1n) is 5.77. The van der Waals surface area contributed by atoms with Crippen LogP contribution in [0.3, 0.4) is 0 Å². The van der Waals surface area contributed by atoms with Crippen LogP contribution >= 0.6 is 0 Å². The number of nitrogens with zero attached hydrogens (tertiary/aromatic N) is 1. The number of aryl methyl sites for hydroxylation is 1. The zero-order chi connectivity index (χ0) is 11.5. The van der Waals surface area contributed by atoms with Crippen LogP contribution in [0, 0.1) is 6.92 Å². The van der Waals surface area contributed by atoms with Crippen molar-refractivity contribution in [1.29, 1.82) is 0 Å². The van der Waals surface area contributed by atoms with E-state index >= 15 is 0 Å². The average Bonchev–Trinajstić information content (AvgIpc) is 2.15. The minimum absolute atomic E-state index is 0.360. The molecule has 1 aromatic rings. The second kappa shape index (κ2) is 4.85. The fourth-order valence-corrected chi connectivity index (χ4v) is 1.80. The van der Waals surface area contributed by atoms with Gasteiger partial charge in [0.05, 0.1) is 0 Å². The smallest absolute Gasteiger partial charge is 0.123 e. The average molecular weight is 220 g/mol. The molecule has 0 bridgehead atoms. The third-order valence-electron chi connectivity index (χ3n) is 2.85. The van der Waals surface area contributed by atoms with Crippen molar-refractivity contribution in [2.75, 3.05) is 27.2 Å². The van der Waals surface area contributed by atoms with E-state index in [0.29, 0.717) is 6.10 Å². The van der Waals surface area contributed by atoms with Gasteiger partial charge in [-0.1, -0.05) is 6.07 Å². The summed E-state index contributed by atoms with van der Waals surface area (Å²) in [7, 11) is 4.17. The van der Waals surface area contributed by atoms with E-state index in [1.165, 1.54) is 11.1 Å². The van der Waals surface area contributed by atoms with Gasteiger partial charge in [0.15, 0.2) is 0 Å². The summed E-state index contributed by atoms with van der Waals surface area (Å²) in [5, 5.41) is 3.20. The highest BCUT2D eigenvalue weighted by molar-refractivity contribution is 5.35. The molecule has 0 amide bonds. The van der Waals surface area contributed by atoms with Crippen molar-refractivity contribution in [3.8, 4) is 5.75 Å². The van der Waals surface area contributed by atoms with Gasteiger partial charge in [-0.3, -0.25) is 0 Å². The van der Waals surface area contributed by atoms with Crippen molar-refractivity contribution in [2.24, 2.45) is 0 Å². The lowest BCUT2D eigenvalue weighted by atomic mass is 10.1. The molecule has 1 aliphatic rings. The number of benzene rings is 1. The lowest BCUT2D eigenvalue weighted by molar-refractivity contribution is 0.142. The molecule has 0 aromatic heterocycles. The molecule has 1 heterocycles. The molecule has 1 saturated heterocycles. The van der Waals surface area contributed by atoms with Crippen molar-refractivity contribution >= 4 is 0 Å². The fourth-order valence-electron chi connectivity index (χ4n) is 1.80. The van der Waals surface area contributed by atoms with Crippen LogP contribution in [0.5, 0.6) is 5.75 Å². The van der Waals surface area contributed by atoms with Gasteiger partial charge in [-0.15, -0.1) is 0 Å². The lowest BCUT2D eigenvalue weighted by Gasteiger charge is -2.28. The fraction of sp³-hybridized carbons (Fsp3) is 0.538. The molecule has 1 aliphatic heterocycles. The molecule has 88 valence electrons. The van der Waals surface area contributed by atoms with Crippen LogP contribution in [0.15, 0.2) is 18.2 Å². The molecule has 0 aliphatic carbocycles. The Balaban J connectivity index is 2.03. The molecular weight excluding hydrogens is 200 g/mol. The molecule has 2 rings (SSSR count). The first-order valence-corrected chi connectivity index (χ1v) is 5.77. The van der Waals surface area contributed by atoms with E-state index in [1.54, 1.807) is 0 Å². The second-order valence-corrected chi connectivity index (χ2v) is 4.72. The summed E-state index contributed by atoms with van der Waals surface area (Å²) in [5.74, 6) is 0.992. The zero-order valence-electron chi connectivity index (χ0n) is 10.3. The summed E-state index contributed by atoms with van der Waals surface area (Å²) in [5.41, 5.74) is 2.67. The molecule has 16 heavy (non-hydrogen) atoms. The van der Waals surface area contributed by atoms with Crippen molar-refractivity contribution < 1.29 is 4.74 Å². The van der Waals surface area contributed by atoms with Crippen LogP contribution in [0.1, 0.15) is 11.1 Å². The summed E-state index contributed by atoms with van der Waals surface area (Å²) in [6, 6.07) is 6.37. The molecule has 1 N–H and O–H groups in total. The molecule has 3 nitrogen and oxygen atoms in total. The molecule has 1 aromatic carbocycles. The van der Waals surface area contributed by atoms with E-state index < -0.39 is 0 Å². The topological polar surface area (TPSA) is 24.5 Å². The number of rotatable bonds is 4. The van der Waals surface area contributed by atoms with Crippen LogP contribution in [0.2, 0.25) is 0 Å². The monoisotopic (exact) mass is 220 g/mol. The summed E-state index contributed by atoms with van der Waals surface area (Å²) in [6.45, 7) is 5.07. The van der Waals surface area contributed by atoms with Gasteiger partial charge in [-0.05, 0) is 44.3 Å². The van der Waals surface area contributed by atoms with Crippen LogP contribution in [0.4, 0.5) is 0 Å². The maximum atomic E-state index is 5.81. The number of hydrogen-bond donors (Lipinski definition) is 1. The Kier molecular flexibility index (Phi) is 3.46. The van der Waals surface area contributed by atoms with Gasteiger partial charge >= 0.3 is 0 Å². The second-order valence-electron chi connectivity index (χ2n) is 4.72. The van der Waals surface area contributed by atoms with E-state index in [-0.39, 0.29) is 0 Å². The zero-order valence-corrected chi connectivity index (χ0v) is 10.3. The Labute approximate surface area is 97.4 Å². The number of hydrogen-bond acceptors (Lipinski definition) is 3. The highest BCUT2D eigenvalue weighted by atomic mass is 16.5. The van der Waals surface area contributed by atoms with E-state index in [9.17, 15) is 0 Å². The molecule has 0 spiro atoms. The third kappa shape index (κ3) is 2.74. The van der Waals surface area contributed by atoms with Gasteiger partial charge in [-0.2, -0.15) is 0 Å². The Morgan fingerprint density at radius 1 is 1.38 bits per heavy atom. The van der Waals surface area contributed by atoms with Gasteiger partial charge in [-0.25, -0.2) is 0 Å². The molecule has 0 unspecified atom stereocenters. The van der Waals surface area contributed by atoms with E-state index in [4.69, 9.17) is 4.74 Å². The predicted molar refractivity (Wildman–Crippen MR) is 65.9 cm³/mol. The molecule has 0 saturated carbocycles. The van der Waals surface area contributed by atoms with Crippen LogP contribution in [0.25, 0.3) is 0 Å². The van der Waals surface area contributed by atoms with Crippen LogP contribution in [-0.2, 0) is 6.54 Å². The summed E-state index contributed by atoms with van der Waals surface area (Å²) >= 11 is 0. The maximum absolute atomic E-state index is 5.81. The Morgan fingerprint density at radius 2 is 2.12 bits per heavy atom. The Morgan fingerprint density at radius 3 is 2.62 bits per heavy atom. The lowest BCUT2D eigenvalue weighted by Crippen LogP contribution is -2.50. The van der Waals surface area contributed by atoms with Gasteiger partial charge in [0, 0.05) is 19.6 Å². The summed E-state index contributed by atoms with van der Waals surface area (Å²) in [4.78, 5) is 2.18. The van der Waals surface area contributed by atoms with Gasteiger partial charge in [0.1, 0.15) is 11.9 Å².